The van der Waals surface area contributed by atoms with Crippen LogP contribution in [0.3, 0.4) is 0 Å². The van der Waals surface area contributed by atoms with Crippen molar-refractivity contribution in [3.63, 3.8) is 0 Å². The predicted molar refractivity (Wildman–Crippen MR) is 143 cm³/mol. The monoisotopic (exact) mass is 495 g/mol. The van der Waals surface area contributed by atoms with Gasteiger partial charge in [0.1, 0.15) is 9.84 Å². The quantitative estimate of drug-likeness (QED) is 0.551. The van der Waals surface area contributed by atoms with Gasteiger partial charge in [0.15, 0.2) is 0 Å². The second-order valence-electron chi connectivity index (χ2n) is 10.9. The predicted octanol–water partition coefficient (Wildman–Crippen LogP) is 4.37. The molecule has 2 aliphatic rings. The Bertz CT molecular complexity index is 1420. The average molecular weight is 496 g/mol. The zero-order valence-electron chi connectivity index (χ0n) is 21.4. The van der Waals surface area contributed by atoms with Gasteiger partial charge in [-0.25, -0.2) is 8.42 Å². The van der Waals surface area contributed by atoms with E-state index in [-0.39, 0.29) is 11.3 Å². The van der Waals surface area contributed by atoms with Gasteiger partial charge in [0, 0.05) is 48.1 Å². The Morgan fingerprint density at radius 2 is 1.83 bits per heavy atom. The molecule has 5 rings (SSSR count). The van der Waals surface area contributed by atoms with Crippen LogP contribution in [0.1, 0.15) is 67.2 Å². The number of nitrogens with zero attached hydrogens (tertiary/aromatic N) is 2. The number of H-pyrrole nitrogens is 1. The Balaban J connectivity index is 1.48. The van der Waals surface area contributed by atoms with Crippen LogP contribution >= 0.6 is 0 Å². The minimum absolute atomic E-state index is 0.147. The number of piperidine rings is 1. The molecule has 7 heteroatoms. The Morgan fingerprint density at radius 3 is 2.51 bits per heavy atom. The van der Waals surface area contributed by atoms with Crippen molar-refractivity contribution in [2.45, 2.75) is 57.8 Å². The van der Waals surface area contributed by atoms with E-state index in [4.69, 9.17) is 0 Å². The van der Waals surface area contributed by atoms with Crippen LogP contribution in [0.25, 0.3) is 22.2 Å². The normalized spacial score (nSPS) is 17.5. The van der Waals surface area contributed by atoms with Crippen LogP contribution in [0.5, 0.6) is 0 Å². The number of fused-ring (bicyclic) bond motifs is 2. The van der Waals surface area contributed by atoms with Crippen molar-refractivity contribution in [1.29, 1.82) is 0 Å². The van der Waals surface area contributed by atoms with Crippen molar-refractivity contribution in [3.8, 4) is 11.3 Å². The summed E-state index contributed by atoms with van der Waals surface area (Å²) in [4.78, 5) is 18.7. The highest BCUT2D eigenvalue weighted by Gasteiger charge is 2.26. The fourth-order valence-corrected chi connectivity index (χ4v) is 6.71. The molecule has 1 saturated heterocycles. The first-order chi connectivity index (χ1) is 16.6. The van der Waals surface area contributed by atoms with Gasteiger partial charge < -0.3 is 14.5 Å². The molecule has 1 aliphatic carbocycles. The van der Waals surface area contributed by atoms with Gasteiger partial charge in [0.2, 0.25) is 0 Å². The minimum atomic E-state index is -2.92. The van der Waals surface area contributed by atoms with Crippen molar-refractivity contribution < 1.29 is 8.42 Å². The van der Waals surface area contributed by atoms with Gasteiger partial charge in [-0.1, -0.05) is 19.9 Å². The largest absolute Gasteiger partial charge is 0.354 e. The Hall–Kier alpha value is -2.38. The summed E-state index contributed by atoms with van der Waals surface area (Å²) in [5.74, 6) is 1.08. The lowest BCUT2D eigenvalue weighted by molar-refractivity contribution is 0.223. The summed E-state index contributed by atoms with van der Waals surface area (Å²) in [5, 5.41) is 1.28. The zero-order chi connectivity index (χ0) is 24.9. The summed E-state index contributed by atoms with van der Waals surface area (Å²) in [7, 11) is -1.06. The Kier molecular flexibility index (Phi) is 6.43. The molecule has 6 nitrogen and oxygen atoms in total. The van der Waals surface area contributed by atoms with Gasteiger partial charge in [-0.15, -0.1) is 0 Å². The van der Waals surface area contributed by atoms with Crippen molar-refractivity contribution in [1.82, 2.24) is 14.5 Å². The molecule has 3 aromatic rings. The standard InChI is InChI=1S/C28H37N3O3S/c1-18(2)26-23-16-20(19-10-12-31(13-11-19)14-15-35(4,33)34)8-9-25(23)29-27(26)24-17-30(3)28(32)22-7-5-6-21(22)24/h8-9,16-19,29H,5-7,10-15H2,1-4H3. The Labute approximate surface area is 208 Å². The number of benzene rings is 1. The first-order valence-electron chi connectivity index (χ1n) is 12.9. The molecule has 1 N–H and O–H groups in total. The molecule has 0 atom stereocenters. The van der Waals surface area contributed by atoms with Crippen LogP contribution in [0, 0.1) is 0 Å². The lowest BCUT2D eigenvalue weighted by Gasteiger charge is -2.32. The van der Waals surface area contributed by atoms with E-state index in [0.29, 0.717) is 18.4 Å². The zero-order valence-corrected chi connectivity index (χ0v) is 22.2. The SMILES string of the molecule is CC(C)c1c(-c2cn(C)c(=O)c3c2CCC3)[nH]c2ccc(C3CCN(CCS(C)(=O)=O)CC3)cc12. The Morgan fingerprint density at radius 1 is 1.11 bits per heavy atom. The number of sulfone groups is 1. The third kappa shape index (κ3) is 4.73. The summed E-state index contributed by atoms with van der Waals surface area (Å²) in [6.45, 7) is 7.02. The van der Waals surface area contributed by atoms with Gasteiger partial charge in [-0.2, -0.15) is 0 Å². The van der Waals surface area contributed by atoms with Crippen molar-refractivity contribution in [3.05, 3.63) is 57.0 Å². The van der Waals surface area contributed by atoms with Crippen molar-refractivity contribution in [2.75, 3.05) is 31.6 Å². The number of aryl methyl sites for hydroxylation is 1. The highest BCUT2D eigenvalue weighted by molar-refractivity contribution is 7.90. The van der Waals surface area contributed by atoms with Gasteiger partial charge in [0.05, 0.1) is 11.4 Å². The molecule has 188 valence electrons. The number of rotatable bonds is 6. The van der Waals surface area contributed by atoms with E-state index < -0.39 is 9.84 Å². The molecule has 1 aromatic carbocycles. The average Bonchev–Trinajstić information content (AvgIpc) is 3.45. The third-order valence-corrected chi connectivity index (χ3v) is 8.92. The van der Waals surface area contributed by atoms with Gasteiger partial charge >= 0.3 is 0 Å². The fraction of sp³-hybridized carbons (Fsp3) is 0.536. The molecule has 0 bridgehead atoms. The lowest BCUT2D eigenvalue weighted by Crippen LogP contribution is -2.36. The maximum Gasteiger partial charge on any atom is 0.253 e. The number of nitrogens with one attached hydrogen (secondary N) is 1. The molecule has 0 radical (unpaired) electrons. The summed E-state index contributed by atoms with van der Waals surface area (Å²) in [5.41, 5.74) is 8.56. The topological polar surface area (TPSA) is 75.2 Å². The van der Waals surface area contributed by atoms with Crippen LogP contribution in [0.15, 0.2) is 29.2 Å². The maximum atomic E-state index is 12.7. The first-order valence-corrected chi connectivity index (χ1v) is 15.0. The molecule has 2 aromatic heterocycles. The molecule has 0 unspecified atom stereocenters. The van der Waals surface area contributed by atoms with E-state index >= 15 is 0 Å². The summed E-state index contributed by atoms with van der Waals surface area (Å²) in [6.07, 6.45) is 8.34. The molecule has 1 fully saturated rings. The molecular formula is C28H37N3O3S. The first kappa shape index (κ1) is 24.3. The molecule has 0 saturated carbocycles. The number of aromatic amines is 1. The highest BCUT2D eigenvalue weighted by Crippen LogP contribution is 2.40. The van der Waals surface area contributed by atoms with Gasteiger partial charge in [-0.05, 0) is 85.9 Å². The van der Waals surface area contributed by atoms with Crippen molar-refractivity contribution in [2.24, 2.45) is 7.05 Å². The van der Waals surface area contributed by atoms with Gasteiger partial charge in [-0.3, -0.25) is 4.79 Å². The molecule has 35 heavy (non-hydrogen) atoms. The molecule has 3 heterocycles. The van der Waals surface area contributed by atoms with E-state index in [0.717, 1.165) is 62.0 Å². The van der Waals surface area contributed by atoms with Crippen LogP contribution in [-0.4, -0.2) is 54.5 Å². The van der Waals surface area contributed by atoms with Gasteiger partial charge in [0.25, 0.3) is 5.56 Å². The van der Waals surface area contributed by atoms with Crippen molar-refractivity contribution >= 4 is 20.7 Å². The number of hydrogen-bond acceptors (Lipinski definition) is 4. The second-order valence-corrected chi connectivity index (χ2v) is 13.1. The molecule has 0 spiro atoms. The number of likely N-dealkylation sites (tertiary alicyclic amines) is 1. The van der Waals surface area contributed by atoms with Crippen LogP contribution < -0.4 is 5.56 Å². The lowest BCUT2D eigenvalue weighted by atomic mass is 9.87. The smallest absolute Gasteiger partial charge is 0.253 e. The fourth-order valence-electron chi connectivity index (χ4n) is 6.12. The van der Waals surface area contributed by atoms with E-state index in [1.54, 1.807) is 4.57 Å². The number of pyridine rings is 1. The summed E-state index contributed by atoms with van der Waals surface area (Å²) >= 11 is 0. The summed E-state index contributed by atoms with van der Waals surface area (Å²) < 4.78 is 24.8. The number of aromatic nitrogens is 2. The second kappa shape index (κ2) is 9.25. The van der Waals surface area contributed by atoms with E-state index in [9.17, 15) is 13.2 Å². The van der Waals surface area contributed by atoms with Crippen LogP contribution in [0.2, 0.25) is 0 Å². The maximum absolute atomic E-state index is 12.7. The highest BCUT2D eigenvalue weighted by atomic mass is 32.2. The summed E-state index contributed by atoms with van der Waals surface area (Å²) in [6, 6.07) is 6.86. The van der Waals surface area contributed by atoms with Crippen LogP contribution in [0.4, 0.5) is 0 Å². The van der Waals surface area contributed by atoms with E-state index in [1.807, 2.05) is 13.2 Å². The number of hydrogen-bond donors (Lipinski definition) is 1. The third-order valence-electron chi connectivity index (χ3n) is 7.99. The van der Waals surface area contributed by atoms with E-state index in [1.165, 1.54) is 33.9 Å². The molecule has 0 amide bonds. The van der Waals surface area contributed by atoms with Crippen LogP contribution in [-0.2, 0) is 29.7 Å². The molecule has 1 aliphatic heterocycles. The molecular weight excluding hydrogens is 458 g/mol. The van der Waals surface area contributed by atoms with E-state index in [2.05, 4.69) is 41.9 Å². The minimum Gasteiger partial charge on any atom is -0.354 e.